The van der Waals surface area contributed by atoms with Crippen LogP contribution in [0.25, 0.3) is 11.4 Å². The van der Waals surface area contributed by atoms with Gasteiger partial charge < -0.3 is 9.84 Å². The Morgan fingerprint density at radius 3 is 2.24 bits per heavy atom. The standard InChI is InChI=1S/C17H12F3N3O2/c1-10-2-8-13(9-3-10)21-15(24)12-6-4-11(5-7-12)14-22-16(25-23-14)17(18,19)20/h2-9H,1H3,(H,21,24). The number of hydrogen-bond acceptors (Lipinski definition) is 4. The molecule has 0 saturated carbocycles. The first kappa shape index (κ1) is 16.7. The first-order valence-electron chi connectivity index (χ1n) is 7.22. The van der Waals surface area contributed by atoms with Crippen LogP contribution in [0.4, 0.5) is 18.9 Å². The van der Waals surface area contributed by atoms with Crippen molar-refractivity contribution in [2.75, 3.05) is 5.32 Å². The fourth-order valence-electron chi connectivity index (χ4n) is 2.07. The zero-order valence-corrected chi connectivity index (χ0v) is 13.0. The largest absolute Gasteiger partial charge is 0.471 e. The van der Waals surface area contributed by atoms with Crippen LogP contribution in [-0.4, -0.2) is 16.0 Å². The molecule has 0 aliphatic rings. The average molecular weight is 347 g/mol. The fourth-order valence-corrected chi connectivity index (χ4v) is 2.07. The second kappa shape index (κ2) is 6.39. The summed E-state index contributed by atoms with van der Waals surface area (Å²) >= 11 is 0. The molecule has 0 aliphatic carbocycles. The predicted octanol–water partition coefficient (Wildman–Crippen LogP) is 4.32. The highest BCUT2D eigenvalue weighted by molar-refractivity contribution is 6.04. The van der Waals surface area contributed by atoms with Crippen molar-refractivity contribution in [1.82, 2.24) is 10.1 Å². The van der Waals surface area contributed by atoms with Crippen LogP contribution in [0.1, 0.15) is 21.8 Å². The summed E-state index contributed by atoms with van der Waals surface area (Å²) in [6.45, 7) is 1.94. The lowest BCUT2D eigenvalue weighted by Gasteiger charge is -2.06. The number of anilines is 1. The third-order valence-electron chi connectivity index (χ3n) is 3.38. The molecule has 0 aliphatic heterocycles. The summed E-state index contributed by atoms with van der Waals surface area (Å²) < 4.78 is 41.6. The van der Waals surface area contributed by atoms with Gasteiger partial charge in [0.15, 0.2) is 0 Å². The SMILES string of the molecule is Cc1ccc(NC(=O)c2ccc(-c3noc(C(F)(F)F)n3)cc2)cc1. The quantitative estimate of drug-likeness (QED) is 0.766. The third kappa shape index (κ3) is 3.85. The van der Waals surface area contributed by atoms with Crippen LogP contribution < -0.4 is 5.32 Å². The molecule has 5 nitrogen and oxygen atoms in total. The van der Waals surface area contributed by atoms with Crippen LogP contribution in [0.5, 0.6) is 0 Å². The minimum absolute atomic E-state index is 0.196. The van der Waals surface area contributed by atoms with E-state index < -0.39 is 12.1 Å². The molecule has 3 rings (SSSR count). The van der Waals surface area contributed by atoms with E-state index in [1.165, 1.54) is 24.3 Å². The number of rotatable bonds is 3. The van der Waals surface area contributed by atoms with E-state index in [2.05, 4.69) is 20.0 Å². The van der Waals surface area contributed by atoms with Crippen molar-refractivity contribution in [3.05, 3.63) is 65.5 Å². The van der Waals surface area contributed by atoms with E-state index >= 15 is 0 Å². The maximum Gasteiger partial charge on any atom is 0.471 e. The summed E-state index contributed by atoms with van der Waals surface area (Å²) in [6.07, 6.45) is -4.70. The molecule has 2 aromatic carbocycles. The number of aryl methyl sites for hydroxylation is 1. The zero-order valence-electron chi connectivity index (χ0n) is 13.0. The maximum absolute atomic E-state index is 12.5. The first-order valence-corrected chi connectivity index (χ1v) is 7.22. The molecule has 0 unspecified atom stereocenters. The maximum atomic E-state index is 12.5. The first-order chi connectivity index (χ1) is 11.8. The average Bonchev–Trinajstić information content (AvgIpc) is 3.07. The molecule has 128 valence electrons. The van der Waals surface area contributed by atoms with Crippen LogP contribution in [0.2, 0.25) is 0 Å². The Hall–Kier alpha value is -3.16. The number of hydrogen-bond donors (Lipinski definition) is 1. The van der Waals surface area contributed by atoms with E-state index in [9.17, 15) is 18.0 Å². The third-order valence-corrected chi connectivity index (χ3v) is 3.38. The van der Waals surface area contributed by atoms with Crippen LogP contribution in [-0.2, 0) is 6.18 Å². The smallest absolute Gasteiger partial charge is 0.329 e. The van der Waals surface area contributed by atoms with E-state index in [4.69, 9.17) is 0 Å². The molecule has 0 spiro atoms. The number of nitrogens with zero attached hydrogens (tertiary/aromatic N) is 2. The Labute approximate surface area is 140 Å². The minimum Gasteiger partial charge on any atom is -0.329 e. The lowest BCUT2D eigenvalue weighted by molar-refractivity contribution is -0.159. The molecule has 25 heavy (non-hydrogen) atoms. The Morgan fingerprint density at radius 2 is 1.68 bits per heavy atom. The molecule has 0 fully saturated rings. The number of aromatic nitrogens is 2. The summed E-state index contributed by atoms with van der Waals surface area (Å²) in [6, 6.07) is 13.1. The van der Waals surface area contributed by atoms with E-state index in [-0.39, 0.29) is 11.7 Å². The lowest BCUT2D eigenvalue weighted by atomic mass is 10.1. The number of halogens is 3. The molecule has 1 amide bonds. The fraction of sp³-hybridized carbons (Fsp3) is 0.118. The van der Waals surface area contributed by atoms with Crippen LogP contribution in [0, 0.1) is 6.92 Å². The van der Waals surface area contributed by atoms with Gasteiger partial charge in [0.2, 0.25) is 5.82 Å². The number of amides is 1. The van der Waals surface area contributed by atoms with Gasteiger partial charge in [0.05, 0.1) is 0 Å². The van der Waals surface area contributed by atoms with Gasteiger partial charge in [-0.3, -0.25) is 4.79 Å². The van der Waals surface area contributed by atoms with Gasteiger partial charge >= 0.3 is 12.1 Å². The van der Waals surface area contributed by atoms with Crippen molar-refractivity contribution in [3.63, 3.8) is 0 Å². The van der Waals surface area contributed by atoms with Gasteiger partial charge in [0.25, 0.3) is 5.91 Å². The number of carbonyl (C=O) groups is 1. The van der Waals surface area contributed by atoms with Gasteiger partial charge in [0.1, 0.15) is 0 Å². The summed E-state index contributed by atoms with van der Waals surface area (Å²) in [7, 11) is 0. The highest BCUT2D eigenvalue weighted by atomic mass is 19.4. The molecule has 1 N–H and O–H groups in total. The van der Waals surface area contributed by atoms with Crippen LogP contribution >= 0.6 is 0 Å². The molecule has 1 heterocycles. The number of nitrogens with one attached hydrogen (secondary N) is 1. The van der Waals surface area contributed by atoms with Gasteiger partial charge in [-0.15, -0.1) is 0 Å². The normalized spacial score (nSPS) is 11.4. The Balaban J connectivity index is 1.74. The molecular weight excluding hydrogens is 335 g/mol. The molecule has 0 bridgehead atoms. The van der Waals surface area contributed by atoms with Crippen molar-refractivity contribution < 1.29 is 22.5 Å². The Morgan fingerprint density at radius 1 is 1.04 bits per heavy atom. The van der Waals surface area contributed by atoms with Crippen molar-refractivity contribution in [2.45, 2.75) is 13.1 Å². The number of benzene rings is 2. The van der Waals surface area contributed by atoms with Gasteiger partial charge in [0, 0.05) is 16.8 Å². The summed E-state index contributed by atoms with van der Waals surface area (Å²) in [5.41, 5.74) is 2.38. The van der Waals surface area contributed by atoms with E-state index in [0.29, 0.717) is 16.8 Å². The van der Waals surface area contributed by atoms with Crippen LogP contribution in [0.15, 0.2) is 53.1 Å². The highest BCUT2D eigenvalue weighted by Gasteiger charge is 2.38. The van der Waals surface area contributed by atoms with E-state index in [1.807, 2.05) is 19.1 Å². The lowest BCUT2D eigenvalue weighted by Crippen LogP contribution is -2.11. The molecule has 0 saturated heterocycles. The van der Waals surface area contributed by atoms with Gasteiger partial charge in [-0.2, -0.15) is 18.2 Å². The second-order valence-corrected chi connectivity index (χ2v) is 5.32. The van der Waals surface area contributed by atoms with Crippen molar-refractivity contribution in [1.29, 1.82) is 0 Å². The zero-order chi connectivity index (χ0) is 18.0. The van der Waals surface area contributed by atoms with Crippen LogP contribution in [0.3, 0.4) is 0 Å². The Bertz CT molecular complexity index is 885. The summed E-state index contributed by atoms with van der Waals surface area (Å²) in [5, 5.41) is 6.03. The van der Waals surface area contributed by atoms with E-state index in [1.54, 1.807) is 12.1 Å². The number of carbonyl (C=O) groups excluding carboxylic acids is 1. The molecule has 8 heteroatoms. The van der Waals surface area contributed by atoms with Crippen molar-refractivity contribution in [2.24, 2.45) is 0 Å². The highest BCUT2D eigenvalue weighted by Crippen LogP contribution is 2.29. The van der Waals surface area contributed by atoms with Crippen molar-refractivity contribution in [3.8, 4) is 11.4 Å². The number of alkyl halides is 3. The second-order valence-electron chi connectivity index (χ2n) is 5.32. The minimum atomic E-state index is -4.70. The van der Waals surface area contributed by atoms with E-state index in [0.717, 1.165) is 5.56 Å². The molecule has 1 aromatic heterocycles. The molecule has 0 atom stereocenters. The summed E-state index contributed by atoms with van der Waals surface area (Å²) in [4.78, 5) is 15.5. The monoisotopic (exact) mass is 347 g/mol. The predicted molar refractivity (Wildman–Crippen MR) is 83.9 cm³/mol. The molecule has 0 radical (unpaired) electrons. The molecule has 3 aromatic rings. The Kier molecular flexibility index (Phi) is 4.26. The topological polar surface area (TPSA) is 68.0 Å². The molecular formula is C17H12F3N3O2. The van der Waals surface area contributed by atoms with Gasteiger partial charge in [-0.05, 0) is 31.2 Å². The van der Waals surface area contributed by atoms with Gasteiger partial charge in [-0.1, -0.05) is 35.0 Å². The van der Waals surface area contributed by atoms with Crippen molar-refractivity contribution >= 4 is 11.6 Å². The van der Waals surface area contributed by atoms with Gasteiger partial charge in [-0.25, -0.2) is 0 Å². The summed E-state index contributed by atoms with van der Waals surface area (Å²) in [5.74, 6) is -1.94.